The maximum Gasteiger partial charge on any atom is 0.330 e. The van der Waals surface area contributed by atoms with E-state index in [1.165, 1.54) is 23.5 Å². The second-order valence-electron chi connectivity index (χ2n) is 21.2. The van der Waals surface area contributed by atoms with E-state index in [4.69, 9.17) is 47.4 Å². The Labute approximate surface area is 515 Å². The zero-order chi connectivity index (χ0) is 62.4. The molecule has 1 heterocycles. The van der Waals surface area contributed by atoms with Crippen molar-refractivity contribution in [2.75, 3.05) is 26.4 Å². The Morgan fingerprint density at radius 3 is 1.66 bits per heavy atom. The van der Waals surface area contributed by atoms with E-state index in [1.807, 2.05) is 0 Å². The molecular weight excluding hydrogens is 1180 g/mol. The number of aliphatic hydroxyl groups excluding tert-OH is 3. The highest BCUT2D eigenvalue weighted by Crippen LogP contribution is 2.63. The van der Waals surface area contributed by atoms with Gasteiger partial charge in [0.15, 0.2) is 36.3 Å². The number of aliphatic hydroxyl groups is 3. The number of ketones is 1. The van der Waals surface area contributed by atoms with E-state index in [-0.39, 0.29) is 61.1 Å². The number of carbonyl (C=O) groups is 7. The van der Waals surface area contributed by atoms with Gasteiger partial charge in [0.1, 0.15) is 48.9 Å². The van der Waals surface area contributed by atoms with E-state index in [9.17, 15) is 48.9 Å². The number of fused-ring (bicyclic) bond motifs is 3. The molecular formula is C66H66O20S2. The van der Waals surface area contributed by atoms with E-state index < -0.39 is 84.6 Å². The predicted molar refractivity (Wildman–Crippen MR) is 320 cm³/mol. The molecule has 22 heteroatoms. The Kier molecular flexibility index (Phi) is 22.0. The van der Waals surface area contributed by atoms with Crippen molar-refractivity contribution in [2.24, 2.45) is 23.7 Å². The first-order valence-corrected chi connectivity index (χ1v) is 30.3. The maximum atomic E-state index is 14.4. The lowest BCUT2D eigenvalue weighted by Gasteiger charge is -2.34. The van der Waals surface area contributed by atoms with Crippen molar-refractivity contribution in [3.05, 3.63) is 168 Å². The fourth-order valence-electron chi connectivity index (χ4n) is 10.7. The number of ether oxygens (including phenoxy) is 10. The van der Waals surface area contributed by atoms with Gasteiger partial charge in [-0.25, -0.2) is 19.2 Å². The second kappa shape index (κ2) is 30.1. The zero-order valence-corrected chi connectivity index (χ0v) is 49.5. The Hall–Kier alpha value is -8.25. The number of esters is 6. The summed E-state index contributed by atoms with van der Waals surface area (Å²) in [6.07, 6.45) is 6.86. The molecule has 6 unspecified atom stereocenters. The highest BCUT2D eigenvalue weighted by atomic mass is 32.2. The summed E-state index contributed by atoms with van der Waals surface area (Å²) in [4.78, 5) is 89.6. The molecule has 0 saturated heterocycles. The Balaban J connectivity index is 0.829. The minimum Gasteiger partial charge on any atom is -0.490 e. The van der Waals surface area contributed by atoms with Gasteiger partial charge in [-0.05, 0) is 99.8 Å². The van der Waals surface area contributed by atoms with Gasteiger partial charge >= 0.3 is 35.8 Å². The van der Waals surface area contributed by atoms with Crippen LogP contribution in [0.1, 0.15) is 79.8 Å². The number of carbonyl (C=O) groups excluding carboxylic acids is 7. The first-order valence-electron chi connectivity index (χ1n) is 28.6. The van der Waals surface area contributed by atoms with Crippen LogP contribution in [0.3, 0.4) is 0 Å². The first kappa shape index (κ1) is 64.2. The number of rotatable bonds is 26. The Morgan fingerprint density at radius 1 is 0.591 bits per heavy atom. The van der Waals surface area contributed by atoms with Gasteiger partial charge in [-0.1, -0.05) is 104 Å². The minimum absolute atomic E-state index is 0.0708. The van der Waals surface area contributed by atoms with Gasteiger partial charge in [-0.2, -0.15) is 0 Å². The van der Waals surface area contributed by atoms with Crippen molar-refractivity contribution in [3.8, 4) is 23.0 Å². The van der Waals surface area contributed by atoms with Crippen molar-refractivity contribution in [1.29, 1.82) is 0 Å². The third-order valence-electron chi connectivity index (χ3n) is 15.4. The minimum atomic E-state index is -1.32. The molecule has 5 aliphatic rings. The van der Waals surface area contributed by atoms with Gasteiger partial charge in [0, 0.05) is 52.5 Å². The molecule has 4 aliphatic carbocycles. The number of hydrogen-bond acceptors (Lipinski definition) is 22. The summed E-state index contributed by atoms with van der Waals surface area (Å²) in [5.74, 6) is -4.26. The fourth-order valence-corrected chi connectivity index (χ4v) is 13.5. The van der Waals surface area contributed by atoms with Gasteiger partial charge in [0.2, 0.25) is 0 Å². The predicted octanol–water partition coefficient (Wildman–Crippen LogP) is 9.60. The number of thioether (sulfide) groups is 2. The summed E-state index contributed by atoms with van der Waals surface area (Å²) >= 11 is 2.37. The van der Waals surface area contributed by atoms with Crippen LogP contribution in [-0.2, 0) is 57.2 Å². The third kappa shape index (κ3) is 15.9. The van der Waals surface area contributed by atoms with Crippen molar-refractivity contribution in [3.63, 3.8) is 0 Å². The molecule has 4 aromatic carbocycles. The summed E-state index contributed by atoms with van der Waals surface area (Å²) in [7, 11) is 0. The monoisotopic (exact) mass is 1240 g/mol. The van der Waals surface area contributed by atoms with Crippen LogP contribution >= 0.6 is 23.5 Å². The summed E-state index contributed by atoms with van der Waals surface area (Å²) in [6, 6.07) is 20.2. The Morgan fingerprint density at radius 2 is 1.10 bits per heavy atom. The normalized spacial score (nSPS) is 22.4. The average Bonchev–Trinajstić information content (AvgIpc) is 2.16. The molecule has 88 heavy (non-hydrogen) atoms. The van der Waals surface area contributed by atoms with E-state index in [1.54, 1.807) is 91.0 Å². The van der Waals surface area contributed by atoms with E-state index >= 15 is 0 Å². The van der Waals surface area contributed by atoms with Gasteiger partial charge < -0.3 is 62.7 Å². The zero-order valence-electron chi connectivity index (χ0n) is 47.9. The van der Waals surface area contributed by atoms with Crippen LogP contribution in [0.2, 0.25) is 0 Å². The molecule has 20 nitrogen and oxygen atoms in total. The molecule has 0 aromatic heterocycles. The quantitative estimate of drug-likeness (QED) is 0.0173. The molecule has 0 amide bonds. The number of Topliss-reactive ketones (excluding diaryl/α,β-unsaturated/α-hetero) is 1. The molecule has 0 bridgehead atoms. The standard InChI is InChI=1S/C66H66O20S2/c1-5-51(67)79-35-45(81-53(69)7-3)33-77-41-25-29-43(30-26-41)83-62(73)37-17-21-39(22-18-37)64(75)85-58-49-15-11-12-16-50(49)59(61-60(58)87-66(88-61)55-56(71)47-13-9-10-14-48(47)57(55)72)86-65(76)40-23-19-38(20-24-40)63(74)84-44-31-27-42(28-32-44)78-34-46(82-54(70)8-4)36-80-52(68)6-2/h5-16,25-27,29-32,37-40,42,45-46,56,63,65,71,74,76H,1-4,17-24,28,33-36H2/b66-55-. The summed E-state index contributed by atoms with van der Waals surface area (Å²) in [5, 5.41) is 35.9. The topological polar surface area (TPSA) is 272 Å². The first-order chi connectivity index (χ1) is 42.5. The summed E-state index contributed by atoms with van der Waals surface area (Å²) in [5.41, 5.74) is 1.03. The highest BCUT2D eigenvalue weighted by Gasteiger charge is 2.42. The van der Waals surface area contributed by atoms with E-state index in [0.717, 1.165) is 24.3 Å². The van der Waals surface area contributed by atoms with Gasteiger partial charge in [0.05, 0.1) is 44.1 Å². The average molecular weight is 1240 g/mol. The third-order valence-corrected chi connectivity index (χ3v) is 18.1. The SMILES string of the molecule is C=CC(=O)OCC(COc1ccc(OC(=O)C2CCC(C(=O)Oc3c4c(c(OC(O)C5CCC(C(O)OC6=CCC(OCC(COC(=O)C=C)OC(=O)C=C)C=C6)CC5)c5ccccc35)S/C(=C3\C(=O)c5ccccc5C3O)S4)CC2)cc1)OC(=O)C=C. The van der Waals surface area contributed by atoms with Crippen LogP contribution in [0.4, 0.5) is 0 Å². The molecule has 4 aromatic rings. The molecule has 6 atom stereocenters. The fraction of sp³-hybridized carbons (Fsp3) is 0.348. The smallest absolute Gasteiger partial charge is 0.330 e. The van der Waals surface area contributed by atoms with Crippen molar-refractivity contribution in [2.45, 2.75) is 105 Å². The summed E-state index contributed by atoms with van der Waals surface area (Å²) in [6.45, 7) is 12.7. The lowest BCUT2D eigenvalue weighted by molar-refractivity contribution is -0.157. The molecule has 9 rings (SSSR count). The molecule has 0 radical (unpaired) electrons. The van der Waals surface area contributed by atoms with E-state index in [0.29, 0.717) is 111 Å². The van der Waals surface area contributed by atoms with Crippen LogP contribution in [-0.4, -0.2) is 114 Å². The van der Waals surface area contributed by atoms with E-state index in [2.05, 4.69) is 26.3 Å². The van der Waals surface area contributed by atoms with Crippen LogP contribution in [0.25, 0.3) is 10.8 Å². The van der Waals surface area contributed by atoms with Crippen molar-refractivity contribution >= 4 is 75.9 Å². The van der Waals surface area contributed by atoms with Crippen LogP contribution in [0, 0.1) is 23.7 Å². The van der Waals surface area contributed by atoms with Crippen molar-refractivity contribution < 1.29 is 96.2 Å². The molecule has 462 valence electrons. The lowest BCUT2D eigenvalue weighted by Crippen LogP contribution is -2.34. The second-order valence-corrected chi connectivity index (χ2v) is 23.5. The highest BCUT2D eigenvalue weighted by molar-refractivity contribution is 8.24. The summed E-state index contributed by atoms with van der Waals surface area (Å²) < 4.78 is 57.3. The lowest BCUT2D eigenvalue weighted by atomic mass is 9.81. The maximum absolute atomic E-state index is 14.4. The Bertz CT molecular complexity index is 3420. The van der Waals surface area contributed by atoms with Crippen LogP contribution in [0.15, 0.2) is 167 Å². The molecule has 3 N–H and O–H groups in total. The molecule has 1 aliphatic heterocycles. The molecule has 2 saturated carbocycles. The van der Waals surface area contributed by atoms with Crippen LogP contribution < -0.4 is 18.9 Å². The number of allylic oxidation sites excluding steroid dienone is 1. The number of benzene rings is 4. The van der Waals surface area contributed by atoms with Gasteiger partial charge in [-0.15, -0.1) is 0 Å². The molecule has 0 spiro atoms. The number of hydrogen-bond donors (Lipinski definition) is 3. The van der Waals surface area contributed by atoms with Crippen molar-refractivity contribution in [1.82, 2.24) is 0 Å². The largest absolute Gasteiger partial charge is 0.490 e. The van der Waals surface area contributed by atoms with Gasteiger partial charge in [0.25, 0.3) is 0 Å². The molecule has 2 fully saturated rings. The van der Waals surface area contributed by atoms with Crippen LogP contribution in [0.5, 0.6) is 23.0 Å². The van der Waals surface area contributed by atoms with Gasteiger partial charge in [-0.3, -0.25) is 14.4 Å².